The number of ether oxygens (including phenoxy) is 1. The molecule has 0 aliphatic heterocycles. The Labute approximate surface area is 135 Å². The van der Waals surface area contributed by atoms with E-state index in [9.17, 15) is 19.7 Å². The van der Waals surface area contributed by atoms with E-state index < -0.39 is 16.9 Å². The van der Waals surface area contributed by atoms with Crippen molar-refractivity contribution in [3.05, 3.63) is 63.6 Å². The molecule has 0 amide bonds. The smallest absolute Gasteiger partial charge is 0.365 e. The van der Waals surface area contributed by atoms with Gasteiger partial charge in [-0.25, -0.2) is 4.79 Å². The molecule has 0 aliphatic rings. The Morgan fingerprint density at radius 1 is 1.25 bits per heavy atom. The SMILES string of the molecule is CC(=O)OCc1ccc(/C=N\OC(=O)c2ccc([N+](=O)[O-])cc2)o1. The fourth-order valence-corrected chi connectivity index (χ4v) is 1.61. The molecule has 2 aromatic rings. The predicted molar refractivity (Wildman–Crippen MR) is 80.3 cm³/mol. The number of benzene rings is 1. The van der Waals surface area contributed by atoms with Crippen LogP contribution in [0.15, 0.2) is 46.0 Å². The third-order valence-corrected chi connectivity index (χ3v) is 2.73. The number of oxime groups is 1. The average Bonchev–Trinajstić information content (AvgIpc) is 3.00. The van der Waals surface area contributed by atoms with Crippen LogP contribution in [0.3, 0.4) is 0 Å². The van der Waals surface area contributed by atoms with Crippen LogP contribution in [-0.2, 0) is 21.0 Å². The molecule has 0 aliphatic carbocycles. The molecule has 9 heteroatoms. The molecule has 0 saturated heterocycles. The highest BCUT2D eigenvalue weighted by Gasteiger charge is 2.10. The topological polar surface area (TPSA) is 121 Å². The molecule has 0 radical (unpaired) electrons. The summed E-state index contributed by atoms with van der Waals surface area (Å²) in [4.78, 5) is 37.0. The lowest BCUT2D eigenvalue weighted by Gasteiger charge is -1.97. The van der Waals surface area contributed by atoms with Crippen molar-refractivity contribution in [2.75, 3.05) is 0 Å². The molecule has 0 bridgehead atoms. The minimum absolute atomic E-state index is 0.00818. The number of nitro benzene ring substituents is 1. The van der Waals surface area contributed by atoms with Gasteiger partial charge in [0.25, 0.3) is 5.69 Å². The summed E-state index contributed by atoms with van der Waals surface area (Å²) in [6.45, 7) is 1.27. The fourth-order valence-electron chi connectivity index (χ4n) is 1.61. The number of nitro groups is 1. The fraction of sp³-hybridized carbons (Fsp3) is 0.133. The normalized spacial score (nSPS) is 10.5. The molecule has 124 valence electrons. The van der Waals surface area contributed by atoms with Gasteiger partial charge in [-0.15, -0.1) is 0 Å². The van der Waals surface area contributed by atoms with Crippen molar-refractivity contribution < 1.29 is 28.5 Å². The van der Waals surface area contributed by atoms with Gasteiger partial charge in [-0.2, -0.15) is 0 Å². The largest absolute Gasteiger partial charge is 0.458 e. The van der Waals surface area contributed by atoms with Gasteiger partial charge in [0.05, 0.1) is 10.5 Å². The number of furan rings is 1. The van der Waals surface area contributed by atoms with E-state index in [4.69, 9.17) is 9.15 Å². The maximum Gasteiger partial charge on any atom is 0.365 e. The van der Waals surface area contributed by atoms with E-state index in [2.05, 4.69) is 9.99 Å². The molecule has 0 atom stereocenters. The summed E-state index contributed by atoms with van der Waals surface area (Å²) in [7, 11) is 0. The van der Waals surface area contributed by atoms with Gasteiger partial charge in [-0.1, -0.05) is 5.16 Å². The first-order valence-corrected chi connectivity index (χ1v) is 6.67. The van der Waals surface area contributed by atoms with Crippen LogP contribution in [0.25, 0.3) is 0 Å². The third-order valence-electron chi connectivity index (χ3n) is 2.73. The lowest BCUT2D eigenvalue weighted by Crippen LogP contribution is -2.01. The Hall–Kier alpha value is -3.49. The van der Waals surface area contributed by atoms with Crippen LogP contribution in [0.5, 0.6) is 0 Å². The quantitative estimate of drug-likeness (QED) is 0.262. The van der Waals surface area contributed by atoms with Gasteiger partial charge in [0.2, 0.25) is 0 Å². The maximum atomic E-state index is 11.7. The summed E-state index contributed by atoms with van der Waals surface area (Å²) < 4.78 is 10.0. The summed E-state index contributed by atoms with van der Waals surface area (Å²) >= 11 is 0. The molecule has 0 N–H and O–H groups in total. The molecular formula is C15H12N2O7. The highest BCUT2D eigenvalue weighted by atomic mass is 16.7. The summed E-state index contributed by atoms with van der Waals surface area (Å²) in [6.07, 6.45) is 1.17. The standard InChI is InChI=1S/C15H12N2O7/c1-10(18)22-9-14-7-6-13(23-14)8-16-24-15(19)11-2-4-12(5-3-11)17(20)21/h2-8H,9H2,1H3/b16-8-. The second-order valence-electron chi connectivity index (χ2n) is 4.50. The minimum Gasteiger partial charge on any atom is -0.458 e. The lowest BCUT2D eigenvalue weighted by molar-refractivity contribution is -0.384. The Morgan fingerprint density at radius 3 is 2.58 bits per heavy atom. The lowest BCUT2D eigenvalue weighted by atomic mass is 10.2. The Balaban J connectivity index is 1.90. The van der Waals surface area contributed by atoms with E-state index in [-0.39, 0.29) is 17.9 Å². The van der Waals surface area contributed by atoms with E-state index in [0.717, 1.165) is 0 Å². The Bertz CT molecular complexity index is 777. The first-order valence-electron chi connectivity index (χ1n) is 6.67. The first kappa shape index (κ1) is 16.9. The van der Waals surface area contributed by atoms with E-state index in [1.807, 2.05) is 0 Å². The summed E-state index contributed by atoms with van der Waals surface area (Å²) in [5.41, 5.74) is -0.0151. The van der Waals surface area contributed by atoms with Crippen LogP contribution in [0, 0.1) is 10.1 Å². The second kappa shape index (κ2) is 7.68. The van der Waals surface area contributed by atoms with Gasteiger partial charge >= 0.3 is 11.9 Å². The number of hydrogen-bond acceptors (Lipinski definition) is 8. The van der Waals surface area contributed by atoms with Crippen LogP contribution in [0.1, 0.15) is 28.8 Å². The minimum atomic E-state index is -0.771. The van der Waals surface area contributed by atoms with Gasteiger partial charge in [0, 0.05) is 19.1 Å². The second-order valence-corrected chi connectivity index (χ2v) is 4.50. The predicted octanol–water partition coefficient (Wildman–Crippen LogP) is 2.44. The van der Waals surface area contributed by atoms with Crippen LogP contribution >= 0.6 is 0 Å². The molecule has 1 heterocycles. The van der Waals surface area contributed by atoms with Gasteiger partial charge in [0.1, 0.15) is 24.3 Å². The zero-order chi connectivity index (χ0) is 17.5. The summed E-state index contributed by atoms with van der Waals surface area (Å²) in [5.74, 6) is -0.492. The van der Waals surface area contributed by atoms with Crippen molar-refractivity contribution in [3.63, 3.8) is 0 Å². The number of carbonyl (C=O) groups is 2. The number of rotatable bonds is 6. The van der Waals surface area contributed by atoms with E-state index in [1.165, 1.54) is 37.4 Å². The van der Waals surface area contributed by atoms with Crippen molar-refractivity contribution in [1.29, 1.82) is 0 Å². The van der Waals surface area contributed by atoms with Crippen molar-refractivity contribution in [1.82, 2.24) is 0 Å². The average molecular weight is 332 g/mol. The molecule has 2 rings (SSSR count). The van der Waals surface area contributed by atoms with Crippen LogP contribution < -0.4 is 0 Å². The number of esters is 1. The number of nitrogens with zero attached hydrogens (tertiary/aromatic N) is 2. The molecule has 9 nitrogen and oxygen atoms in total. The van der Waals surface area contributed by atoms with Crippen LogP contribution in [-0.4, -0.2) is 23.1 Å². The number of carbonyl (C=O) groups excluding carboxylic acids is 2. The van der Waals surface area contributed by atoms with E-state index in [1.54, 1.807) is 12.1 Å². The molecule has 0 spiro atoms. The summed E-state index contributed by atoms with van der Waals surface area (Å²) in [5, 5.41) is 14.0. The number of non-ortho nitro benzene ring substituents is 1. The van der Waals surface area contributed by atoms with Gasteiger partial charge in [0.15, 0.2) is 0 Å². The first-order chi connectivity index (χ1) is 11.5. The van der Waals surface area contributed by atoms with E-state index >= 15 is 0 Å². The van der Waals surface area contributed by atoms with Gasteiger partial charge < -0.3 is 14.0 Å². The molecular weight excluding hydrogens is 320 g/mol. The van der Waals surface area contributed by atoms with E-state index in [0.29, 0.717) is 11.5 Å². The maximum absolute atomic E-state index is 11.7. The van der Waals surface area contributed by atoms with Crippen LogP contribution in [0.2, 0.25) is 0 Å². The van der Waals surface area contributed by atoms with Crippen molar-refractivity contribution >= 4 is 23.8 Å². The number of hydrogen-bond donors (Lipinski definition) is 0. The van der Waals surface area contributed by atoms with Crippen molar-refractivity contribution in [2.24, 2.45) is 5.16 Å². The highest BCUT2D eigenvalue weighted by Crippen LogP contribution is 2.13. The van der Waals surface area contributed by atoms with Crippen molar-refractivity contribution in [2.45, 2.75) is 13.5 Å². The molecule has 0 fully saturated rings. The van der Waals surface area contributed by atoms with Crippen LogP contribution in [0.4, 0.5) is 5.69 Å². The third kappa shape index (κ3) is 4.77. The Morgan fingerprint density at radius 2 is 1.96 bits per heavy atom. The van der Waals surface area contributed by atoms with Gasteiger partial charge in [-0.05, 0) is 24.3 Å². The monoisotopic (exact) mass is 332 g/mol. The molecule has 24 heavy (non-hydrogen) atoms. The zero-order valence-corrected chi connectivity index (χ0v) is 12.5. The molecule has 0 saturated carbocycles. The zero-order valence-electron chi connectivity index (χ0n) is 12.5. The molecule has 0 unspecified atom stereocenters. The van der Waals surface area contributed by atoms with Gasteiger partial charge in [-0.3, -0.25) is 14.9 Å². The molecule has 1 aromatic heterocycles. The molecule has 1 aromatic carbocycles. The highest BCUT2D eigenvalue weighted by molar-refractivity contribution is 5.90. The summed E-state index contributed by atoms with van der Waals surface area (Å²) in [6, 6.07) is 8.05. The Kier molecular flexibility index (Phi) is 5.40. The van der Waals surface area contributed by atoms with Crippen molar-refractivity contribution in [3.8, 4) is 0 Å².